The molecule has 0 aliphatic carbocycles. The topological polar surface area (TPSA) is 9.23 Å². The molecule has 1 atom stereocenters. The molecule has 0 saturated heterocycles. The van der Waals surface area contributed by atoms with Crippen LogP contribution in [0.4, 0.5) is 0 Å². The van der Waals surface area contributed by atoms with Crippen molar-refractivity contribution >= 4 is 18.7 Å². The van der Waals surface area contributed by atoms with E-state index in [4.69, 9.17) is 15.5 Å². The van der Waals surface area contributed by atoms with Crippen LogP contribution in [0.15, 0.2) is 0 Å². The lowest BCUT2D eigenvalue weighted by molar-refractivity contribution is 0.337. The lowest BCUT2D eigenvalue weighted by Gasteiger charge is -2.18. The Hall–Kier alpha value is 0.467. The summed E-state index contributed by atoms with van der Waals surface area (Å²) in [6.07, 6.45) is 22.7. The minimum Gasteiger partial charge on any atom is -0.403 e. The molecule has 0 aromatic carbocycles. The summed E-state index contributed by atoms with van der Waals surface area (Å²) in [5.74, 6) is 0. The van der Waals surface area contributed by atoms with E-state index >= 15 is 0 Å². The molecule has 0 spiro atoms. The van der Waals surface area contributed by atoms with Gasteiger partial charge >= 0.3 is 0 Å². The summed E-state index contributed by atoms with van der Waals surface area (Å²) < 4.78 is 5.66. The maximum absolute atomic E-state index is 6.42. The maximum Gasteiger partial charge on any atom is 0.286 e. The second-order valence-corrected chi connectivity index (χ2v) is 13.0. The van der Waals surface area contributed by atoms with Gasteiger partial charge in [-0.3, -0.25) is 0 Å². The van der Waals surface area contributed by atoms with Gasteiger partial charge in [0.15, 0.2) is 0 Å². The standard InChI is InChI=1S/C21H45ClOSi/c1-4-6-7-8-9-10-11-12-13-14-15-16-17-18-19-20-21-24(3,22)23-5-2/h4-21H2,1-3H3. The molecule has 146 valence electrons. The van der Waals surface area contributed by atoms with E-state index in [-0.39, 0.29) is 0 Å². The van der Waals surface area contributed by atoms with Crippen LogP contribution in [-0.4, -0.2) is 14.2 Å². The van der Waals surface area contributed by atoms with E-state index in [9.17, 15) is 0 Å². The van der Waals surface area contributed by atoms with Crippen molar-refractivity contribution in [1.82, 2.24) is 0 Å². The fourth-order valence-corrected chi connectivity index (χ4v) is 5.72. The number of rotatable bonds is 19. The summed E-state index contributed by atoms with van der Waals surface area (Å²) in [5, 5.41) is 0. The molecule has 1 nitrogen and oxygen atoms in total. The third-order valence-corrected chi connectivity index (χ3v) is 7.95. The van der Waals surface area contributed by atoms with Gasteiger partial charge < -0.3 is 4.43 Å². The fraction of sp³-hybridized carbons (Fsp3) is 1.00. The molecule has 0 amide bonds. The van der Waals surface area contributed by atoms with Crippen LogP contribution in [0.2, 0.25) is 12.6 Å². The minimum absolute atomic E-state index is 0.769. The molecule has 0 rings (SSSR count). The zero-order valence-corrected chi connectivity index (χ0v) is 18.8. The number of hydrogen-bond acceptors (Lipinski definition) is 1. The van der Waals surface area contributed by atoms with Gasteiger partial charge in [0, 0.05) is 6.61 Å². The van der Waals surface area contributed by atoms with E-state index < -0.39 is 7.63 Å². The molecule has 24 heavy (non-hydrogen) atoms. The van der Waals surface area contributed by atoms with E-state index in [2.05, 4.69) is 13.5 Å². The van der Waals surface area contributed by atoms with Gasteiger partial charge in [0.05, 0.1) is 0 Å². The lowest BCUT2D eigenvalue weighted by Crippen LogP contribution is -2.26. The van der Waals surface area contributed by atoms with Crippen molar-refractivity contribution in [3.63, 3.8) is 0 Å². The molecule has 0 heterocycles. The molecule has 1 unspecified atom stereocenters. The van der Waals surface area contributed by atoms with Gasteiger partial charge in [-0.25, -0.2) is 0 Å². The van der Waals surface area contributed by atoms with E-state index in [1.165, 1.54) is 103 Å². The summed E-state index contributed by atoms with van der Waals surface area (Å²) in [5.41, 5.74) is 0. The Morgan fingerprint density at radius 3 is 1.25 bits per heavy atom. The lowest BCUT2D eigenvalue weighted by atomic mass is 10.0. The predicted octanol–water partition coefficient (Wildman–Crippen LogP) is 8.60. The van der Waals surface area contributed by atoms with E-state index in [1.807, 2.05) is 6.92 Å². The molecule has 0 aromatic rings. The summed E-state index contributed by atoms with van der Waals surface area (Å²) in [7, 11) is -1.84. The minimum atomic E-state index is -1.84. The highest BCUT2D eigenvalue weighted by Gasteiger charge is 2.24. The van der Waals surface area contributed by atoms with E-state index in [0.717, 1.165) is 12.7 Å². The molecule has 0 saturated carbocycles. The molecule has 0 N–H and O–H groups in total. The molecule has 0 aliphatic rings. The first-order valence-electron chi connectivity index (χ1n) is 10.9. The Balaban J connectivity index is 3.10. The van der Waals surface area contributed by atoms with E-state index in [1.54, 1.807) is 0 Å². The first-order valence-corrected chi connectivity index (χ1v) is 14.6. The summed E-state index contributed by atoms with van der Waals surface area (Å²) in [6, 6.07) is 1.11. The van der Waals surface area contributed by atoms with Gasteiger partial charge in [0.25, 0.3) is 7.63 Å². The highest BCUT2D eigenvalue weighted by Crippen LogP contribution is 2.21. The van der Waals surface area contributed by atoms with Crippen LogP contribution >= 0.6 is 11.1 Å². The summed E-state index contributed by atoms with van der Waals surface area (Å²) in [6.45, 7) is 7.23. The first-order chi connectivity index (χ1) is 11.6. The quantitative estimate of drug-likeness (QED) is 0.124. The third kappa shape index (κ3) is 18.8. The highest BCUT2D eigenvalue weighted by atomic mass is 35.6. The Morgan fingerprint density at radius 1 is 0.583 bits per heavy atom. The zero-order valence-electron chi connectivity index (χ0n) is 17.0. The van der Waals surface area contributed by atoms with Crippen LogP contribution in [0.3, 0.4) is 0 Å². The molecular formula is C21H45ClOSi. The first kappa shape index (κ1) is 24.5. The predicted molar refractivity (Wildman–Crippen MR) is 113 cm³/mol. The summed E-state index contributed by atoms with van der Waals surface area (Å²) >= 11 is 6.42. The third-order valence-electron chi connectivity index (χ3n) is 4.92. The highest BCUT2D eigenvalue weighted by molar-refractivity contribution is 7.16. The normalized spacial score (nSPS) is 14.0. The zero-order chi connectivity index (χ0) is 17.9. The maximum atomic E-state index is 6.42. The van der Waals surface area contributed by atoms with Crippen molar-refractivity contribution < 1.29 is 4.43 Å². The van der Waals surface area contributed by atoms with Crippen LogP contribution in [0, 0.1) is 0 Å². The van der Waals surface area contributed by atoms with Crippen LogP contribution in [0.25, 0.3) is 0 Å². The van der Waals surface area contributed by atoms with Gasteiger partial charge in [-0.15, -0.1) is 11.1 Å². The Bertz CT molecular complexity index is 246. The van der Waals surface area contributed by atoms with Crippen LogP contribution < -0.4 is 0 Å². The van der Waals surface area contributed by atoms with Crippen molar-refractivity contribution in [1.29, 1.82) is 0 Å². The van der Waals surface area contributed by atoms with Gasteiger partial charge in [-0.1, -0.05) is 110 Å². The van der Waals surface area contributed by atoms with Crippen molar-refractivity contribution in [2.45, 2.75) is 129 Å². The van der Waals surface area contributed by atoms with Crippen molar-refractivity contribution in [3.8, 4) is 0 Å². The van der Waals surface area contributed by atoms with Gasteiger partial charge in [0.1, 0.15) is 0 Å². The van der Waals surface area contributed by atoms with Gasteiger partial charge in [0.2, 0.25) is 0 Å². The SMILES string of the molecule is CCCCCCCCCCCCCCCCCC[Si](C)(Cl)OCC. The number of unbranched alkanes of at least 4 members (excludes halogenated alkanes) is 15. The smallest absolute Gasteiger partial charge is 0.286 e. The Kier molecular flexibility index (Phi) is 18.6. The molecule has 3 heteroatoms. The fourth-order valence-electron chi connectivity index (χ4n) is 3.36. The van der Waals surface area contributed by atoms with Crippen molar-refractivity contribution in [3.05, 3.63) is 0 Å². The Labute approximate surface area is 159 Å². The monoisotopic (exact) mass is 376 g/mol. The second kappa shape index (κ2) is 18.3. The average molecular weight is 377 g/mol. The molecule has 0 aliphatic heterocycles. The molecule has 0 aromatic heterocycles. The van der Waals surface area contributed by atoms with Crippen LogP contribution in [0.1, 0.15) is 117 Å². The molecule has 0 fully saturated rings. The number of hydrogen-bond donors (Lipinski definition) is 0. The van der Waals surface area contributed by atoms with Crippen molar-refractivity contribution in [2.75, 3.05) is 6.61 Å². The van der Waals surface area contributed by atoms with E-state index in [0.29, 0.717) is 0 Å². The molecule has 0 radical (unpaired) electrons. The van der Waals surface area contributed by atoms with Crippen LogP contribution in [0.5, 0.6) is 0 Å². The second-order valence-electron chi connectivity index (χ2n) is 7.59. The van der Waals surface area contributed by atoms with Gasteiger partial charge in [-0.2, -0.15) is 0 Å². The number of halogens is 1. The van der Waals surface area contributed by atoms with Crippen LogP contribution in [-0.2, 0) is 4.43 Å². The van der Waals surface area contributed by atoms with Crippen molar-refractivity contribution in [2.24, 2.45) is 0 Å². The Morgan fingerprint density at radius 2 is 0.917 bits per heavy atom. The molecular weight excluding hydrogens is 332 g/mol. The molecule has 0 bridgehead atoms. The van der Waals surface area contributed by atoms with Gasteiger partial charge in [-0.05, 0) is 19.5 Å². The average Bonchev–Trinajstić information content (AvgIpc) is 2.54. The summed E-state index contributed by atoms with van der Waals surface area (Å²) in [4.78, 5) is 0. The largest absolute Gasteiger partial charge is 0.403 e.